The van der Waals surface area contributed by atoms with Crippen LogP contribution in [-0.4, -0.2) is 47.9 Å². The van der Waals surface area contributed by atoms with Crippen LogP contribution in [0.5, 0.6) is 0 Å². The Balaban J connectivity index is 1.88. The molecule has 1 amide bonds. The number of carbonyl (C=O) groups is 1. The van der Waals surface area contributed by atoms with Gasteiger partial charge in [0.15, 0.2) is 0 Å². The van der Waals surface area contributed by atoms with Crippen molar-refractivity contribution in [2.24, 2.45) is 0 Å². The Morgan fingerprint density at radius 2 is 2.25 bits per heavy atom. The van der Waals surface area contributed by atoms with Gasteiger partial charge in [-0.3, -0.25) is 4.90 Å². The third-order valence-electron chi connectivity index (χ3n) is 3.80. The largest absolute Gasteiger partial charge is 0.444 e. The smallest absolute Gasteiger partial charge is 0.411 e. The monoisotopic (exact) mass is 346 g/mol. The van der Waals surface area contributed by atoms with E-state index < -0.39 is 5.60 Å². The Bertz CT molecular complexity index is 776. The Morgan fingerprint density at radius 1 is 1.46 bits per heavy atom. The molecule has 0 aliphatic carbocycles. The molecule has 0 saturated heterocycles. The number of amides is 1. The normalized spacial score (nSPS) is 18.1. The van der Waals surface area contributed by atoms with Gasteiger partial charge in [0.05, 0.1) is 19.2 Å². The molecule has 0 spiro atoms. The first-order valence-electron chi connectivity index (χ1n) is 7.91. The lowest BCUT2D eigenvalue weighted by atomic mass is 10.1. The van der Waals surface area contributed by atoms with E-state index in [1.54, 1.807) is 29.5 Å². The number of fused-ring (bicyclic) bond motifs is 1. The molecular weight excluding hydrogens is 324 g/mol. The summed E-state index contributed by atoms with van der Waals surface area (Å²) in [4.78, 5) is 19.7. The molecule has 0 N–H and O–H groups in total. The summed E-state index contributed by atoms with van der Waals surface area (Å²) in [5.74, 6) is 0. The third-order valence-corrected chi connectivity index (χ3v) is 4.70. The number of rotatable bonds is 3. The minimum absolute atomic E-state index is 0.119. The van der Waals surface area contributed by atoms with Gasteiger partial charge in [-0.2, -0.15) is 0 Å². The summed E-state index contributed by atoms with van der Waals surface area (Å²) in [6.45, 7) is 6.59. The van der Waals surface area contributed by atoms with Gasteiger partial charge in [-0.05, 0) is 44.0 Å². The zero-order valence-corrected chi connectivity index (χ0v) is 15.2. The van der Waals surface area contributed by atoms with E-state index in [1.165, 1.54) is 0 Å². The Labute approximate surface area is 145 Å². The molecule has 0 fully saturated rings. The number of thiophene rings is 1. The molecule has 2 aromatic rings. The van der Waals surface area contributed by atoms with Crippen LogP contribution in [0.25, 0.3) is 15.8 Å². The van der Waals surface area contributed by atoms with Gasteiger partial charge >= 0.3 is 6.09 Å². The van der Waals surface area contributed by atoms with Gasteiger partial charge in [0.1, 0.15) is 10.4 Å². The van der Waals surface area contributed by atoms with Crippen molar-refractivity contribution in [1.29, 1.82) is 0 Å². The van der Waals surface area contributed by atoms with E-state index in [9.17, 15) is 4.79 Å². The zero-order valence-electron chi connectivity index (χ0n) is 14.4. The highest BCUT2D eigenvalue weighted by Gasteiger charge is 2.33. The molecule has 0 aromatic carbocycles. The topological polar surface area (TPSA) is 51.7 Å². The first kappa shape index (κ1) is 16.9. The average molecular weight is 346 g/mol. The maximum atomic E-state index is 12.5. The second-order valence-corrected chi connectivity index (χ2v) is 7.69. The maximum absolute atomic E-state index is 12.5. The first-order chi connectivity index (χ1) is 11.4. The maximum Gasteiger partial charge on any atom is 0.411 e. The second kappa shape index (κ2) is 6.53. The minimum atomic E-state index is -0.517. The fourth-order valence-electron chi connectivity index (χ4n) is 2.80. The van der Waals surface area contributed by atoms with Crippen molar-refractivity contribution in [2.45, 2.75) is 32.4 Å². The van der Waals surface area contributed by atoms with Crippen LogP contribution in [-0.2, 0) is 9.47 Å². The van der Waals surface area contributed by atoms with Crippen molar-refractivity contribution < 1.29 is 14.3 Å². The van der Waals surface area contributed by atoms with Gasteiger partial charge in [-0.15, -0.1) is 11.3 Å². The Kier molecular flexibility index (Phi) is 4.60. The lowest BCUT2D eigenvalue weighted by Crippen LogP contribution is -2.42. The van der Waals surface area contributed by atoms with Gasteiger partial charge in [0, 0.05) is 24.1 Å². The molecule has 0 saturated carbocycles. The molecule has 1 aliphatic heterocycles. The van der Waals surface area contributed by atoms with Crippen molar-refractivity contribution in [3.05, 3.63) is 35.3 Å². The van der Waals surface area contributed by atoms with E-state index in [4.69, 9.17) is 9.47 Å². The minimum Gasteiger partial charge on any atom is -0.444 e. The molecule has 0 radical (unpaired) electrons. The molecule has 1 atom stereocenters. The summed E-state index contributed by atoms with van der Waals surface area (Å²) < 4.78 is 10.8. The van der Waals surface area contributed by atoms with Crippen molar-refractivity contribution in [2.75, 3.05) is 20.3 Å². The van der Waals surface area contributed by atoms with Gasteiger partial charge in [0.2, 0.25) is 0 Å². The van der Waals surface area contributed by atoms with Crippen molar-refractivity contribution >= 4 is 33.2 Å². The van der Waals surface area contributed by atoms with Crippen LogP contribution in [0, 0.1) is 0 Å². The first-order valence-corrected chi connectivity index (χ1v) is 8.79. The highest BCUT2D eigenvalue weighted by atomic mass is 32.1. The van der Waals surface area contributed by atoms with Crippen LogP contribution < -0.4 is 0 Å². The molecule has 1 aliphatic rings. The van der Waals surface area contributed by atoms with E-state index in [0.717, 1.165) is 21.4 Å². The number of ether oxygens (including phenoxy) is 2. The van der Waals surface area contributed by atoms with Crippen molar-refractivity contribution in [3.63, 3.8) is 0 Å². The summed E-state index contributed by atoms with van der Waals surface area (Å²) in [6, 6.07) is 3.88. The highest BCUT2D eigenvalue weighted by molar-refractivity contribution is 7.17. The quantitative estimate of drug-likeness (QED) is 0.844. The summed E-state index contributed by atoms with van der Waals surface area (Å²) in [5.41, 5.74) is 1.73. The lowest BCUT2D eigenvalue weighted by molar-refractivity contribution is 0.0176. The standard InChI is InChI=1S/C18H22N2O3S/c1-18(2,3)23-17(21)20-9-12(8-13(20)10-22-4)15-11-24-16-14(15)6-5-7-19-16/h5-8,11,13H,9-10H2,1-4H3. The average Bonchev–Trinajstić information content (AvgIpc) is 3.09. The highest BCUT2D eigenvalue weighted by Crippen LogP contribution is 2.34. The molecular formula is C18H22N2O3S. The molecule has 2 aromatic heterocycles. The number of hydrogen-bond donors (Lipinski definition) is 0. The number of methoxy groups -OCH3 is 1. The SMILES string of the molecule is COCC1C=C(c2csc3ncccc23)CN1C(=O)OC(C)(C)C. The van der Waals surface area contributed by atoms with Crippen LogP contribution in [0.15, 0.2) is 29.8 Å². The van der Waals surface area contributed by atoms with Crippen LogP contribution in [0.4, 0.5) is 4.79 Å². The van der Waals surface area contributed by atoms with E-state index in [1.807, 2.05) is 26.8 Å². The van der Waals surface area contributed by atoms with Crippen LogP contribution in [0.3, 0.4) is 0 Å². The predicted molar refractivity (Wildman–Crippen MR) is 96.2 cm³/mol. The number of carbonyl (C=O) groups excluding carboxylic acids is 1. The summed E-state index contributed by atoms with van der Waals surface area (Å²) in [6.07, 6.45) is 3.59. The molecule has 3 heterocycles. The van der Waals surface area contributed by atoms with E-state index in [0.29, 0.717) is 13.2 Å². The van der Waals surface area contributed by atoms with E-state index in [2.05, 4.69) is 22.5 Å². The fraction of sp³-hybridized carbons (Fsp3) is 0.444. The lowest BCUT2D eigenvalue weighted by Gasteiger charge is -2.28. The van der Waals surface area contributed by atoms with E-state index >= 15 is 0 Å². The summed E-state index contributed by atoms with van der Waals surface area (Å²) in [7, 11) is 1.64. The number of pyridine rings is 1. The van der Waals surface area contributed by atoms with Gasteiger partial charge in [-0.1, -0.05) is 6.08 Å². The van der Waals surface area contributed by atoms with Crippen molar-refractivity contribution in [3.8, 4) is 0 Å². The molecule has 6 heteroatoms. The van der Waals surface area contributed by atoms with Crippen LogP contribution in [0.2, 0.25) is 0 Å². The van der Waals surface area contributed by atoms with Gasteiger partial charge < -0.3 is 9.47 Å². The molecule has 5 nitrogen and oxygen atoms in total. The summed E-state index contributed by atoms with van der Waals surface area (Å²) in [5, 5.41) is 3.22. The van der Waals surface area contributed by atoms with Crippen LogP contribution in [0.1, 0.15) is 26.3 Å². The molecule has 128 valence electrons. The van der Waals surface area contributed by atoms with E-state index in [-0.39, 0.29) is 12.1 Å². The van der Waals surface area contributed by atoms with Gasteiger partial charge in [0.25, 0.3) is 0 Å². The molecule has 24 heavy (non-hydrogen) atoms. The van der Waals surface area contributed by atoms with Gasteiger partial charge in [-0.25, -0.2) is 9.78 Å². The second-order valence-electron chi connectivity index (χ2n) is 6.83. The fourth-order valence-corrected chi connectivity index (χ4v) is 3.73. The Morgan fingerprint density at radius 3 is 2.96 bits per heavy atom. The molecule has 3 rings (SSSR count). The molecule has 0 bridgehead atoms. The molecule has 1 unspecified atom stereocenters. The zero-order chi connectivity index (χ0) is 17.3. The van der Waals surface area contributed by atoms with Crippen LogP contribution >= 0.6 is 11.3 Å². The predicted octanol–water partition coefficient (Wildman–Crippen LogP) is 3.95. The number of nitrogens with zero attached hydrogens (tertiary/aromatic N) is 2. The summed E-state index contributed by atoms with van der Waals surface area (Å²) >= 11 is 1.62. The third kappa shape index (κ3) is 3.44. The van der Waals surface area contributed by atoms with Crippen molar-refractivity contribution in [1.82, 2.24) is 9.88 Å². The number of aromatic nitrogens is 1. The number of hydrogen-bond acceptors (Lipinski definition) is 5. The Hall–Kier alpha value is -1.92.